The lowest BCUT2D eigenvalue weighted by atomic mass is 9.68. The molecular weight excluding hydrogens is 242 g/mol. The van der Waals surface area contributed by atoms with Crippen molar-refractivity contribution in [2.45, 2.75) is 65.8 Å². The molecule has 1 aliphatic rings. The Morgan fingerprint density at radius 1 is 1.32 bits per heavy atom. The van der Waals surface area contributed by atoms with Crippen LogP contribution in [0.5, 0.6) is 0 Å². The molecule has 19 heavy (non-hydrogen) atoms. The summed E-state index contributed by atoms with van der Waals surface area (Å²) in [4.78, 5) is 23.5. The molecule has 1 saturated carbocycles. The number of hydrogen-bond donors (Lipinski definition) is 2. The standard InChI is InChI=1S/C15H27NO3/c1-10(2)9-12(14(18)19)16-13(17)11-7-5-6-8-15(11,3)4/h10-12H,5-9H2,1-4H3,(H,16,17)(H,18,19)/t11?,12-/m0/s1. The smallest absolute Gasteiger partial charge is 0.326 e. The first-order valence-electron chi connectivity index (χ1n) is 7.27. The van der Waals surface area contributed by atoms with E-state index in [1.807, 2.05) is 13.8 Å². The van der Waals surface area contributed by atoms with Crippen LogP contribution in [0.3, 0.4) is 0 Å². The van der Waals surface area contributed by atoms with Gasteiger partial charge in [-0.1, -0.05) is 40.5 Å². The summed E-state index contributed by atoms with van der Waals surface area (Å²) in [6.45, 7) is 8.14. The monoisotopic (exact) mass is 269 g/mol. The van der Waals surface area contributed by atoms with E-state index in [1.54, 1.807) is 0 Å². The third-order valence-electron chi connectivity index (χ3n) is 4.15. The van der Waals surface area contributed by atoms with Gasteiger partial charge in [-0.05, 0) is 30.6 Å². The Morgan fingerprint density at radius 2 is 1.95 bits per heavy atom. The number of carboxylic acids is 1. The lowest BCUT2D eigenvalue weighted by molar-refractivity contribution is -0.144. The first-order valence-corrected chi connectivity index (χ1v) is 7.27. The van der Waals surface area contributed by atoms with Gasteiger partial charge in [-0.15, -0.1) is 0 Å². The van der Waals surface area contributed by atoms with E-state index in [0.717, 1.165) is 25.7 Å². The summed E-state index contributed by atoms with van der Waals surface area (Å²) in [5.41, 5.74) is -0.0246. The van der Waals surface area contributed by atoms with Crippen LogP contribution in [0.1, 0.15) is 59.8 Å². The molecule has 0 radical (unpaired) electrons. The third kappa shape index (κ3) is 4.51. The number of amides is 1. The number of nitrogens with one attached hydrogen (secondary N) is 1. The second-order valence-electron chi connectivity index (χ2n) is 6.82. The molecule has 2 N–H and O–H groups in total. The Kier molecular flexibility index (Phi) is 5.39. The van der Waals surface area contributed by atoms with E-state index in [4.69, 9.17) is 0 Å². The second-order valence-corrected chi connectivity index (χ2v) is 6.82. The molecule has 1 amide bonds. The van der Waals surface area contributed by atoms with Crippen molar-refractivity contribution in [1.29, 1.82) is 0 Å². The third-order valence-corrected chi connectivity index (χ3v) is 4.15. The molecule has 0 spiro atoms. The van der Waals surface area contributed by atoms with Crippen molar-refractivity contribution in [3.8, 4) is 0 Å². The van der Waals surface area contributed by atoms with Crippen LogP contribution in [-0.2, 0) is 9.59 Å². The van der Waals surface area contributed by atoms with E-state index >= 15 is 0 Å². The number of aliphatic carboxylic acids is 1. The molecule has 0 aliphatic heterocycles. The fourth-order valence-corrected chi connectivity index (χ4v) is 2.95. The van der Waals surface area contributed by atoms with Gasteiger partial charge >= 0.3 is 5.97 Å². The Labute approximate surface area is 116 Å². The number of carbonyl (C=O) groups excluding carboxylic acids is 1. The fourth-order valence-electron chi connectivity index (χ4n) is 2.95. The second kappa shape index (κ2) is 6.40. The molecule has 0 heterocycles. The molecule has 0 saturated heterocycles. The van der Waals surface area contributed by atoms with Gasteiger partial charge in [0.15, 0.2) is 0 Å². The number of carboxylic acid groups (broad SMARTS) is 1. The largest absolute Gasteiger partial charge is 0.480 e. The van der Waals surface area contributed by atoms with Gasteiger partial charge in [0.1, 0.15) is 6.04 Å². The van der Waals surface area contributed by atoms with E-state index in [1.165, 1.54) is 0 Å². The average Bonchev–Trinajstić information content (AvgIpc) is 2.26. The first kappa shape index (κ1) is 16.0. The minimum atomic E-state index is -0.935. The van der Waals surface area contributed by atoms with E-state index in [0.29, 0.717) is 6.42 Å². The van der Waals surface area contributed by atoms with Crippen LogP contribution >= 0.6 is 0 Å². The maximum atomic E-state index is 12.3. The Balaban J connectivity index is 2.68. The van der Waals surface area contributed by atoms with E-state index in [9.17, 15) is 14.7 Å². The van der Waals surface area contributed by atoms with Gasteiger partial charge in [0.05, 0.1) is 0 Å². The van der Waals surface area contributed by atoms with E-state index in [2.05, 4.69) is 19.2 Å². The summed E-state index contributed by atoms with van der Waals surface area (Å²) in [5.74, 6) is -0.829. The van der Waals surface area contributed by atoms with Crippen LogP contribution in [0, 0.1) is 17.3 Å². The minimum absolute atomic E-state index is 0.0246. The van der Waals surface area contributed by atoms with Crippen molar-refractivity contribution < 1.29 is 14.7 Å². The maximum absolute atomic E-state index is 12.3. The Bertz CT molecular complexity index is 336. The molecule has 1 fully saturated rings. The van der Waals surface area contributed by atoms with Gasteiger partial charge in [-0.3, -0.25) is 4.79 Å². The molecule has 0 aromatic rings. The van der Waals surface area contributed by atoms with Crippen molar-refractivity contribution in [3.05, 3.63) is 0 Å². The van der Waals surface area contributed by atoms with Crippen LogP contribution in [0.2, 0.25) is 0 Å². The zero-order valence-corrected chi connectivity index (χ0v) is 12.5. The highest BCUT2D eigenvalue weighted by atomic mass is 16.4. The van der Waals surface area contributed by atoms with Gasteiger partial charge in [-0.2, -0.15) is 0 Å². The molecule has 4 heteroatoms. The van der Waals surface area contributed by atoms with E-state index < -0.39 is 12.0 Å². The minimum Gasteiger partial charge on any atom is -0.480 e. The van der Waals surface area contributed by atoms with Crippen LogP contribution in [0.4, 0.5) is 0 Å². The van der Waals surface area contributed by atoms with Crippen LogP contribution in [0.15, 0.2) is 0 Å². The van der Waals surface area contributed by atoms with Gasteiger partial charge in [0.25, 0.3) is 0 Å². The van der Waals surface area contributed by atoms with Crippen molar-refractivity contribution >= 4 is 11.9 Å². The molecule has 0 bridgehead atoms. The van der Waals surface area contributed by atoms with Crippen LogP contribution in [0.25, 0.3) is 0 Å². The summed E-state index contributed by atoms with van der Waals surface area (Å²) in [6, 6.07) is -0.759. The molecule has 0 aromatic carbocycles. The topological polar surface area (TPSA) is 66.4 Å². The molecule has 4 nitrogen and oxygen atoms in total. The fraction of sp³-hybridized carbons (Fsp3) is 0.867. The lowest BCUT2D eigenvalue weighted by Crippen LogP contribution is -2.48. The Hall–Kier alpha value is -1.06. The van der Waals surface area contributed by atoms with Gasteiger partial charge in [0, 0.05) is 5.92 Å². The van der Waals surface area contributed by atoms with E-state index in [-0.39, 0.29) is 23.2 Å². The molecular formula is C15H27NO3. The average molecular weight is 269 g/mol. The predicted octanol–water partition coefficient (Wildman–Crippen LogP) is 2.82. The summed E-state index contributed by atoms with van der Waals surface area (Å²) >= 11 is 0. The highest BCUT2D eigenvalue weighted by Crippen LogP contribution is 2.40. The number of carbonyl (C=O) groups is 2. The molecule has 2 atom stereocenters. The lowest BCUT2D eigenvalue weighted by Gasteiger charge is -2.38. The number of rotatable bonds is 5. The zero-order chi connectivity index (χ0) is 14.6. The summed E-state index contributed by atoms with van der Waals surface area (Å²) < 4.78 is 0. The van der Waals surface area contributed by atoms with Crippen molar-refractivity contribution in [2.75, 3.05) is 0 Å². The normalized spacial score (nSPS) is 23.9. The summed E-state index contributed by atoms with van der Waals surface area (Å²) in [5, 5.41) is 11.9. The summed E-state index contributed by atoms with van der Waals surface area (Å²) in [7, 11) is 0. The Morgan fingerprint density at radius 3 is 2.42 bits per heavy atom. The van der Waals surface area contributed by atoms with Gasteiger partial charge < -0.3 is 10.4 Å². The summed E-state index contributed by atoms with van der Waals surface area (Å²) in [6.07, 6.45) is 4.60. The highest BCUT2D eigenvalue weighted by molar-refractivity contribution is 5.85. The molecule has 1 aliphatic carbocycles. The van der Waals surface area contributed by atoms with Crippen LogP contribution in [-0.4, -0.2) is 23.0 Å². The first-order chi connectivity index (χ1) is 8.74. The van der Waals surface area contributed by atoms with Crippen molar-refractivity contribution in [1.82, 2.24) is 5.32 Å². The SMILES string of the molecule is CC(C)C[C@H](NC(=O)C1CCCCC1(C)C)C(=O)O. The number of hydrogen-bond acceptors (Lipinski definition) is 2. The molecule has 1 rings (SSSR count). The van der Waals surface area contributed by atoms with Crippen molar-refractivity contribution in [3.63, 3.8) is 0 Å². The predicted molar refractivity (Wildman–Crippen MR) is 74.8 cm³/mol. The molecule has 1 unspecified atom stereocenters. The van der Waals surface area contributed by atoms with Gasteiger partial charge in [-0.25, -0.2) is 4.79 Å². The molecule has 110 valence electrons. The van der Waals surface area contributed by atoms with Crippen molar-refractivity contribution in [2.24, 2.45) is 17.3 Å². The molecule has 0 aromatic heterocycles. The zero-order valence-electron chi connectivity index (χ0n) is 12.5. The highest BCUT2D eigenvalue weighted by Gasteiger charge is 2.38. The maximum Gasteiger partial charge on any atom is 0.326 e. The quantitative estimate of drug-likeness (QED) is 0.806. The van der Waals surface area contributed by atoms with Crippen LogP contribution < -0.4 is 5.32 Å². The van der Waals surface area contributed by atoms with Gasteiger partial charge in [0.2, 0.25) is 5.91 Å².